The minimum absolute atomic E-state index is 0.217. The largest absolute Gasteiger partial charge is 0.359 e. The van der Waals surface area contributed by atoms with Gasteiger partial charge in [0.1, 0.15) is 5.82 Å². The Morgan fingerprint density at radius 1 is 1.31 bits per heavy atom. The standard InChI is InChI=1S/C12H13FN2S/c13-8-5-6-11-10(7-8)15-12(16-11)14-9-3-1-2-4-9/h5-7,9H,1-4H2,(H,14,15). The second-order valence-electron chi connectivity index (χ2n) is 4.26. The molecule has 1 heterocycles. The van der Waals surface area contributed by atoms with Crippen molar-refractivity contribution in [1.29, 1.82) is 0 Å². The lowest BCUT2D eigenvalue weighted by molar-refractivity contribution is 0.629. The van der Waals surface area contributed by atoms with Crippen LogP contribution in [0, 0.1) is 5.82 Å². The number of halogens is 1. The molecule has 1 saturated carbocycles. The molecule has 0 atom stereocenters. The zero-order chi connectivity index (χ0) is 11.0. The van der Waals surface area contributed by atoms with Gasteiger partial charge in [-0.2, -0.15) is 0 Å². The third-order valence-corrected chi connectivity index (χ3v) is 4.00. The first-order valence-corrected chi connectivity index (χ1v) is 6.45. The number of nitrogens with one attached hydrogen (secondary N) is 1. The molecule has 84 valence electrons. The first-order chi connectivity index (χ1) is 7.81. The van der Waals surface area contributed by atoms with Gasteiger partial charge in [-0.05, 0) is 25.0 Å². The molecule has 0 amide bonds. The number of anilines is 1. The van der Waals surface area contributed by atoms with Crippen molar-refractivity contribution in [2.75, 3.05) is 5.32 Å². The molecule has 1 N–H and O–H groups in total. The molecule has 4 heteroatoms. The van der Waals surface area contributed by atoms with Gasteiger partial charge in [0.2, 0.25) is 0 Å². The average molecular weight is 236 g/mol. The molecule has 2 aromatic rings. The summed E-state index contributed by atoms with van der Waals surface area (Å²) in [5.74, 6) is -0.217. The summed E-state index contributed by atoms with van der Waals surface area (Å²) in [4.78, 5) is 4.40. The molecule has 1 aliphatic rings. The Labute approximate surface area is 97.5 Å². The van der Waals surface area contributed by atoms with E-state index in [-0.39, 0.29) is 5.82 Å². The number of hydrogen-bond acceptors (Lipinski definition) is 3. The molecular formula is C12H13FN2S. The van der Waals surface area contributed by atoms with Crippen LogP contribution < -0.4 is 5.32 Å². The summed E-state index contributed by atoms with van der Waals surface area (Å²) in [6.45, 7) is 0. The molecule has 0 aliphatic heterocycles. The highest BCUT2D eigenvalue weighted by Crippen LogP contribution is 2.29. The molecule has 1 aromatic carbocycles. The maximum absolute atomic E-state index is 13.0. The van der Waals surface area contributed by atoms with Crippen LogP contribution in [0.15, 0.2) is 18.2 Å². The zero-order valence-electron chi connectivity index (χ0n) is 8.87. The summed E-state index contributed by atoms with van der Waals surface area (Å²) in [5.41, 5.74) is 0.755. The second-order valence-corrected chi connectivity index (χ2v) is 5.29. The van der Waals surface area contributed by atoms with E-state index in [9.17, 15) is 4.39 Å². The molecule has 0 spiro atoms. The molecule has 0 radical (unpaired) electrons. The number of aromatic nitrogens is 1. The van der Waals surface area contributed by atoms with Gasteiger partial charge in [-0.3, -0.25) is 0 Å². The Balaban J connectivity index is 1.86. The summed E-state index contributed by atoms with van der Waals surface area (Å²) in [7, 11) is 0. The third-order valence-electron chi connectivity index (χ3n) is 3.03. The number of fused-ring (bicyclic) bond motifs is 1. The van der Waals surface area contributed by atoms with E-state index in [4.69, 9.17) is 0 Å². The Kier molecular flexibility index (Phi) is 2.52. The molecule has 0 unspecified atom stereocenters. The fourth-order valence-corrected chi connectivity index (χ4v) is 3.13. The smallest absolute Gasteiger partial charge is 0.184 e. The van der Waals surface area contributed by atoms with E-state index in [1.165, 1.54) is 37.8 Å². The molecule has 0 bridgehead atoms. The van der Waals surface area contributed by atoms with Crippen molar-refractivity contribution >= 4 is 26.7 Å². The lowest BCUT2D eigenvalue weighted by Gasteiger charge is -2.09. The van der Waals surface area contributed by atoms with Crippen LogP contribution in [-0.2, 0) is 0 Å². The topological polar surface area (TPSA) is 24.9 Å². The summed E-state index contributed by atoms with van der Waals surface area (Å²) in [6, 6.07) is 5.33. The monoisotopic (exact) mass is 236 g/mol. The maximum atomic E-state index is 13.0. The molecule has 0 saturated heterocycles. The first-order valence-electron chi connectivity index (χ1n) is 5.64. The first kappa shape index (κ1) is 10.0. The molecule has 1 aromatic heterocycles. The Morgan fingerprint density at radius 3 is 2.94 bits per heavy atom. The predicted molar refractivity (Wildman–Crippen MR) is 65.5 cm³/mol. The van der Waals surface area contributed by atoms with Gasteiger partial charge in [-0.25, -0.2) is 9.37 Å². The molecular weight excluding hydrogens is 223 g/mol. The quantitative estimate of drug-likeness (QED) is 0.858. The van der Waals surface area contributed by atoms with Crippen LogP contribution in [0.5, 0.6) is 0 Å². The van der Waals surface area contributed by atoms with Gasteiger partial charge in [0.15, 0.2) is 5.13 Å². The summed E-state index contributed by atoms with van der Waals surface area (Å²) < 4.78 is 14.0. The minimum Gasteiger partial charge on any atom is -0.359 e. The van der Waals surface area contributed by atoms with Crippen LogP contribution in [0.4, 0.5) is 9.52 Å². The van der Waals surface area contributed by atoms with Crippen molar-refractivity contribution in [3.05, 3.63) is 24.0 Å². The highest BCUT2D eigenvalue weighted by Gasteiger charge is 2.16. The van der Waals surface area contributed by atoms with Gasteiger partial charge in [-0.15, -0.1) is 0 Å². The summed E-state index contributed by atoms with van der Waals surface area (Å²) in [5, 5.41) is 4.36. The molecule has 16 heavy (non-hydrogen) atoms. The molecule has 3 rings (SSSR count). The Hall–Kier alpha value is -1.16. The molecule has 2 nitrogen and oxygen atoms in total. The van der Waals surface area contributed by atoms with E-state index in [2.05, 4.69) is 10.3 Å². The van der Waals surface area contributed by atoms with E-state index in [0.717, 1.165) is 15.3 Å². The summed E-state index contributed by atoms with van der Waals surface area (Å²) >= 11 is 1.60. The predicted octanol–water partition coefficient (Wildman–Crippen LogP) is 3.79. The van der Waals surface area contributed by atoms with Gasteiger partial charge < -0.3 is 5.32 Å². The highest BCUT2D eigenvalue weighted by molar-refractivity contribution is 7.22. The van der Waals surface area contributed by atoms with Crippen molar-refractivity contribution in [2.45, 2.75) is 31.7 Å². The van der Waals surface area contributed by atoms with Crippen LogP contribution in [0.1, 0.15) is 25.7 Å². The number of hydrogen-bond donors (Lipinski definition) is 1. The highest BCUT2D eigenvalue weighted by atomic mass is 32.1. The van der Waals surface area contributed by atoms with E-state index in [0.29, 0.717) is 6.04 Å². The van der Waals surface area contributed by atoms with E-state index < -0.39 is 0 Å². The van der Waals surface area contributed by atoms with Gasteiger partial charge in [0.05, 0.1) is 10.2 Å². The van der Waals surface area contributed by atoms with Crippen LogP contribution in [0.3, 0.4) is 0 Å². The van der Waals surface area contributed by atoms with E-state index in [1.807, 2.05) is 0 Å². The lowest BCUT2D eigenvalue weighted by atomic mass is 10.3. The number of nitrogens with zero attached hydrogens (tertiary/aromatic N) is 1. The fourth-order valence-electron chi connectivity index (χ4n) is 2.21. The zero-order valence-corrected chi connectivity index (χ0v) is 9.69. The van der Waals surface area contributed by atoms with Gasteiger partial charge >= 0.3 is 0 Å². The number of rotatable bonds is 2. The van der Waals surface area contributed by atoms with E-state index >= 15 is 0 Å². The van der Waals surface area contributed by atoms with Crippen molar-refractivity contribution < 1.29 is 4.39 Å². The third kappa shape index (κ3) is 1.89. The van der Waals surface area contributed by atoms with Crippen LogP contribution in [0.25, 0.3) is 10.2 Å². The SMILES string of the molecule is Fc1ccc2sc(NC3CCCC3)nc2c1. The Morgan fingerprint density at radius 2 is 2.12 bits per heavy atom. The number of benzene rings is 1. The fraction of sp³-hybridized carbons (Fsp3) is 0.417. The van der Waals surface area contributed by atoms with Crippen LogP contribution >= 0.6 is 11.3 Å². The second kappa shape index (κ2) is 4.01. The van der Waals surface area contributed by atoms with Crippen molar-refractivity contribution in [2.24, 2.45) is 0 Å². The maximum Gasteiger partial charge on any atom is 0.184 e. The van der Waals surface area contributed by atoms with Crippen molar-refractivity contribution in [3.8, 4) is 0 Å². The minimum atomic E-state index is -0.217. The molecule has 1 fully saturated rings. The van der Waals surface area contributed by atoms with Crippen molar-refractivity contribution in [1.82, 2.24) is 4.98 Å². The molecule has 1 aliphatic carbocycles. The van der Waals surface area contributed by atoms with Gasteiger partial charge in [0, 0.05) is 12.1 Å². The van der Waals surface area contributed by atoms with Crippen molar-refractivity contribution in [3.63, 3.8) is 0 Å². The van der Waals surface area contributed by atoms with Gasteiger partial charge in [0.25, 0.3) is 0 Å². The Bertz CT molecular complexity index is 503. The average Bonchev–Trinajstić information content (AvgIpc) is 2.86. The van der Waals surface area contributed by atoms with Crippen LogP contribution in [0.2, 0.25) is 0 Å². The lowest BCUT2D eigenvalue weighted by Crippen LogP contribution is -2.13. The normalized spacial score (nSPS) is 17.1. The van der Waals surface area contributed by atoms with Crippen LogP contribution in [-0.4, -0.2) is 11.0 Å². The number of thiazole rings is 1. The summed E-state index contributed by atoms with van der Waals surface area (Å²) in [6.07, 6.45) is 5.06. The van der Waals surface area contributed by atoms with Gasteiger partial charge in [-0.1, -0.05) is 24.2 Å². The van der Waals surface area contributed by atoms with E-state index in [1.54, 1.807) is 17.4 Å².